The predicted molar refractivity (Wildman–Crippen MR) is 75.0 cm³/mol. The fraction of sp³-hybridized carbons (Fsp3) is 0.400. The van der Waals surface area contributed by atoms with E-state index in [1.54, 1.807) is 18.2 Å². The Bertz CT molecular complexity index is 433. The molecule has 0 saturated carbocycles. The van der Waals surface area contributed by atoms with Crippen LogP contribution in [0.5, 0.6) is 0 Å². The van der Waals surface area contributed by atoms with E-state index < -0.39 is 0 Å². The van der Waals surface area contributed by atoms with Gasteiger partial charge in [0.1, 0.15) is 6.61 Å². The van der Waals surface area contributed by atoms with Crippen molar-refractivity contribution in [2.75, 3.05) is 13.2 Å². The summed E-state index contributed by atoms with van der Waals surface area (Å²) in [6.07, 6.45) is 6.39. The molecule has 1 aromatic carbocycles. The zero-order valence-electron chi connectivity index (χ0n) is 10.7. The van der Waals surface area contributed by atoms with E-state index in [2.05, 4.69) is 0 Å². The third kappa shape index (κ3) is 5.05. The number of carbonyl (C=O) groups excluding carboxylic acids is 1. The molecular formula is C15H17ClO3. The highest BCUT2D eigenvalue weighted by molar-refractivity contribution is 6.30. The fourth-order valence-electron chi connectivity index (χ4n) is 1.90. The van der Waals surface area contributed by atoms with Crippen LogP contribution in [0.25, 0.3) is 6.08 Å². The summed E-state index contributed by atoms with van der Waals surface area (Å²) >= 11 is 5.78. The van der Waals surface area contributed by atoms with Gasteiger partial charge in [-0.1, -0.05) is 23.7 Å². The van der Waals surface area contributed by atoms with Crippen molar-refractivity contribution in [1.82, 2.24) is 0 Å². The van der Waals surface area contributed by atoms with Gasteiger partial charge in [0.2, 0.25) is 0 Å². The van der Waals surface area contributed by atoms with E-state index in [4.69, 9.17) is 21.1 Å². The van der Waals surface area contributed by atoms with Gasteiger partial charge in [-0.15, -0.1) is 0 Å². The summed E-state index contributed by atoms with van der Waals surface area (Å²) in [5, 5.41) is 0.675. The molecular weight excluding hydrogens is 264 g/mol. The molecule has 0 bridgehead atoms. The molecule has 4 heteroatoms. The summed E-state index contributed by atoms with van der Waals surface area (Å²) in [6, 6.07) is 7.25. The molecule has 0 amide bonds. The van der Waals surface area contributed by atoms with Gasteiger partial charge in [-0.3, -0.25) is 0 Å². The van der Waals surface area contributed by atoms with E-state index in [1.165, 1.54) is 6.08 Å². The quantitative estimate of drug-likeness (QED) is 0.626. The van der Waals surface area contributed by atoms with Crippen molar-refractivity contribution < 1.29 is 14.3 Å². The lowest BCUT2D eigenvalue weighted by Crippen LogP contribution is -2.25. The molecule has 0 N–H and O–H groups in total. The SMILES string of the molecule is O=C(/C=C/c1ccc(Cl)cc1)OCC1CCCCO1. The van der Waals surface area contributed by atoms with Crippen LogP contribution in [-0.4, -0.2) is 25.3 Å². The van der Waals surface area contributed by atoms with E-state index in [9.17, 15) is 4.79 Å². The summed E-state index contributed by atoms with van der Waals surface area (Å²) in [5.41, 5.74) is 0.912. The molecule has 1 atom stereocenters. The van der Waals surface area contributed by atoms with E-state index in [0.717, 1.165) is 31.4 Å². The van der Waals surface area contributed by atoms with Gasteiger partial charge >= 0.3 is 5.97 Å². The Morgan fingerprint density at radius 3 is 2.84 bits per heavy atom. The van der Waals surface area contributed by atoms with E-state index in [1.807, 2.05) is 12.1 Å². The maximum Gasteiger partial charge on any atom is 0.330 e. The third-order valence-electron chi connectivity index (χ3n) is 2.97. The summed E-state index contributed by atoms with van der Waals surface area (Å²) in [7, 11) is 0. The fourth-order valence-corrected chi connectivity index (χ4v) is 2.03. The Labute approximate surface area is 118 Å². The second kappa shape index (κ2) is 7.31. The standard InChI is InChI=1S/C15H17ClO3/c16-13-7-4-12(5-8-13)6-9-15(17)19-11-14-3-1-2-10-18-14/h4-9,14H,1-3,10-11H2/b9-6+. The Hall–Kier alpha value is -1.32. The van der Waals surface area contributed by atoms with Crippen molar-refractivity contribution in [3.63, 3.8) is 0 Å². The average Bonchev–Trinajstić information content (AvgIpc) is 2.45. The number of carbonyl (C=O) groups is 1. The number of esters is 1. The minimum Gasteiger partial charge on any atom is -0.460 e. The van der Waals surface area contributed by atoms with Crippen molar-refractivity contribution in [1.29, 1.82) is 0 Å². The zero-order chi connectivity index (χ0) is 13.5. The van der Waals surface area contributed by atoms with Crippen LogP contribution < -0.4 is 0 Å². The molecule has 1 fully saturated rings. The Kier molecular flexibility index (Phi) is 5.43. The first-order chi connectivity index (χ1) is 9.24. The number of ether oxygens (including phenoxy) is 2. The van der Waals surface area contributed by atoms with Crippen LogP contribution in [0.2, 0.25) is 5.02 Å². The highest BCUT2D eigenvalue weighted by Crippen LogP contribution is 2.13. The number of hydrogen-bond donors (Lipinski definition) is 0. The molecule has 0 radical (unpaired) electrons. The lowest BCUT2D eigenvalue weighted by molar-refractivity contribution is -0.143. The van der Waals surface area contributed by atoms with Crippen molar-refractivity contribution in [2.24, 2.45) is 0 Å². The van der Waals surface area contributed by atoms with Gasteiger partial charge < -0.3 is 9.47 Å². The summed E-state index contributed by atoms with van der Waals surface area (Å²) in [4.78, 5) is 11.5. The van der Waals surface area contributed by atoms with Gasteiger partial charge in [0.05, 0.1) is 6.10 Å². The molecule has 2 rings (SSSR count). The molecule has 0 aromatic heterocycles. The highest BCUT2D eigenvalue weighted by Gasteiger charge is 2.14. The van der Waals surface area contributed by atoms with Gasteiger partial charge in [0, 0.05) is 17.7 Å². The van der Waals surface area contributed by atoms with Crippen LogP contribution in [0.3, 0.4) is 0 Å². The smallest absolute Gasteiger partial charge is 0.330 e. The second-order valence-corrected chi connectivity index (χ2v) is 4.94. The first-order valence-corrected chi connectivity index (χ1v) is 6.84. The molecule has 1 aliphatic heterocycles. The van der Waals surface area contributed by atoms with Crippen LogP contribution in [0.1, 0.15) is 24.8 Å². The minimum atomic E-state index is -0.343. The van der Waals surface area contributed by atoms with Crippen LogP contribution in [0.4, 0.5) is 0 Å². The largest absolute Gasteiger partial charge is 0.460 e. The van der Waals surface area contributed by atoms with Crippen LogP contribution in [-0.2, 0) is 14.3 Å². The monoisotopic (exact) mass is 280 g/mol. The Morgan fingerprint density at radius 2 is 2.16 bits per heavy atom. The van der Waals surface area contributed by atoms with Crippen LogP contribution in [0, 0.1) is 0 Å². The second-order valence-electron chi connectivity index (χ2n) is 4.50. The molecule has 1 heterocycles. The number of halogens is 1. The van der Waals surface area contributed by atoms with Gasteiger partial charge in [-0.2, -0.15) is 0 Å². The van der Waals surface area contributed by atoms with Crippen molar-refractivity contribution >= 4 is 23.6 Å². The molecule has 102 valence electrons. The Morgan fingerprint density at radius 1 is 1.37 bits per heavy atom. The molecule has 3 nitrogen and oxygen atoms in total. The van der Waals surface area contributed by atoms with Gasteiger partial charge in [0.25, 0.3) is 0 Å². The maximum atomic E-state index is 11.5. The van der Waals surface area contributed by atoms with Gasteiger partial charge in [-0.05, 0) is 43.0 Å². The maximum absolute atomic E-state index is 11.5. The summed E-state index contributed by atoms with van der Waals surface area (Å²) in [5.74, 6) is -0.343. The lowest BCUT2D eigenvalue weighted by atomic mass is 10.1. The van der Waals surface area contributed by atoms with Crippen molar-refractivity contribution in [3.05, 3.63) is 40.9 Å². The van der Waals surface area contributed by atoms with Gasteiger partial charge in [0.15, 0.2) is 0 Å². The molecule has 1 unspecified atom stereocenters. The molecule has 1 aliphatic rings. The number of rotatable bonds is 4. The normalized spacial score (nSPS) is 19.5. The van der Waals surface area contributed by atoms with Gasteiger partial charge in [-0.25, -0.2) is 4.79 Å². The van der Waals surface area contributed by atoms with E-state index >= 15 is 0 Å². The molecule has 1 aromatic rings. The topological polar surface area (TPSA) is 35.5 Å². The first-order valence-electron chi connectivity index (χ1n) is 6.46. The minimum absolute atomic E-state index is 0.0571. The molecule has 19 heavy (non-hydrogen) atoms. The highest BCUT2D eigenvalue weighted by atomic mass is 35.5. The number of benzene rings is 1. The predicted octanol–water partition coefficient (Wildman–Crippen LogP) is 3.47. The van der Waals surface area contributed by atoms with Crippen LogP contribution >= 0.6 is 11.6 Å². The molecule has 1 saturated heterocycles. The van der Waals surface area contributed by atoms with Crippen molar-refractivity contribution in [3.8, 4) is 0 Å². The lowest BCUT2D eigenvalue weighted by Gasteiger charge is -2.21. The number of hydrogen-bond acceptors (Lipinski definition) is 3. The average molecular weight is 281 g/mol. The first kappa shape index (κ1) is 14.1. The summed E-state index contributed by atoms with van der Waals surface area (Å²) in [6.45, 7) is 1.10. The Balaban J connectivity index is 1.75. The van der Waals surface area contributed by atoms with Crippen LogP contribution in [0.15, 0.2) is 30.3 Å². The van der Waals surface area contributed by atoms with E-state index in [-0.39, 0.29) is 12.1 Å². The van der Waals surface area contributed by atoms with E-state index in [0.29, 0.717) is 11.6 Å². The van der Waals surface area contributed by atoms with Crippen molar-refractivity contribution in [2.45, 2.75) is 25.4 Å². The molecule has 0 aliphatic carbocycles. The third-order valence-corrected chi connectivity index (χ3v) is 3.22. The molecule has 0 spiro atoms. The summed E-state index contributed by atoms with van der Waals surface area (Å²) < 4.78 is 10.6. The zero-order valence-corrected chi connectivity index (χ0v) is 11.4.